The average molecular weight is 266 g/mol. The summed E-state index contributed by atoms with van der Waals surface area (Å²) in [6, 6.07) is 0. The fourth-order valence-corrected chi connectivity index (χ4v) is 2.20. The van der Waals surface area contributed by atoms with Gasteiger partial charge in [0.15, 0.2) is 0 Å². The van der Waals surface area contributed by atoms with Gasteiger partial charge in [-0.05, 0) is 12.3 Å². The van der Waals surface area contributed by atoms with E-state index in [2.05, 4.69) is 16.3 Å². The zero-order chi connectivity index (χ0) is 13.0. The lowest BCUT2D eigenvalue weighted by atomic mass is 9.83. The number of hydrogen-bond donors (Lipinski definition) is 1. The zero-order valence-corrected chi connectivity index (χ0v) is 10.9. The Bertz CT molecular complexity index is 514. The monoisotopic (exact) mass is 265 g/mol. The molecule has 0 saturated heterocycles. The van der Waals surface area contributed by atoms with Crippen molar-refractivity contribution >= 4 is 17.3 Å². The molecular weight excluding hydrogens is 250 g/mol. The van der Waals surface area contributed by atoms with Gasteiger partial charge >= 0.3 is 0 Å². The molecule has 1 aromatic heterocycles. The Morgan fingerprint density at radius 3 is 3.00 bits per heavy atom. The largest absolute Gasteiger partial charge is 0.379 e. The van der Waals surface area contributed by atoms with Gasteiger partial charge in [0.2, 0.25) is 0 Å². The summed E-state index contributed by atoms with van der Waals surface area (Å²) in [6.45, 7) is 0.924. The quantitative estimate of drug-likeness (QED) is 0.830. The van der Waals surface area contributed by atoms with E-state index in [1.807, 2.05) is 0 Å². The molecule has 2 rings (SSSR count). The van der Waals surface area contributed by atoms with Crippen LogP contribution in [0, 0.1) is 18.3 Å². The van der Waals surface area contributed by atoms with E-state index in [-0.39, 0.29) is 12.1 Å². The summed E-state index contributed by atoms with van der Waals surface area (Å²) < 4.78 is 1.23. The molecule has 5 heteroatoms. The molecule has 1 N–H and O–H groups in total. The van der Waals surface area contributed by atoms with Crippen molar-refractivity contribution in [1.29, 1.82) is 0 Å². The normalized spacial score (nSPS) is 14.9. The first kappa shape index (κ1) is 13.0. The summed E-state index contributed by atoms with van der Waals surface area (Å²) in [5.41, 5.74) is 0.148. The first-order chi connectivity index (χ1) is 8.72. The van der Waals surface area contributed by atoms with Gasteiger partial charge in [0.25, 0.3) is 5.56 Å². The van der Waals surface area contributed by atoms with Crippen molar-refractivity contribution < 1.29 is 0 Å². The molecule has 1 aromatic rings. The highest BCUT2D eigenvalue weighted by Crippen LogP contribution is 2.29. The van der Waals surface area contributed by atoms with Crippen molar-refractivity contribution in [3.63, 3.8) is 0 Å². The van der Waals surface area contributed by atoms with Gasteiger partial charge in [-0.2, -0.15) is 5.10 Å². The number of nitrogens with one attached hydrogen (secondary N) is 1. The lowest BCUT2D eigenvalue weighted by molar-refractivity contribution is 0.303. The molecular formula is C13H16ClN3O. The molecule has 0 atom stereocenters. The zero-order valence-electron chi connectivity index (χ0n) is 10.2. The van der Waals surface area contributed by atoms with Crippen LogP contribution in [0.4, 0.5) is 5.69 Å². The Morgan fingerprint density at radius 2 is 2.39 bits per heavy atom. The Labute approximate surface area is 111 Å². The van der Waals surface area contributed by atoms with Gasteiger partial charge in [-0.25, -0.2) is 4.68 Å². The SMILES string of the molecule is C#CCn1ncc(Cl)c(NCCC2CCC2)c1=O. The van der Waals surface area contributed by atoms with Crippen LogP contribution in [-0.2, 0) is 6.54 Å². The first-order valence-electron chi connectivity index (χ1n) is 6.15. The van der Waals surface area contributed by atoms with Crippen LogP contribution in [-0.4, -0.2) is 16.3 Å². The molecule has 18 heavy (non-hydrogen) atoms. The topological polar surface area (TPSA) is 46.9 Å². The lowest BCUT2D eigenvalue weighted by Gasteiger charge is -2.25. The Balaban J connectivity index is 2.03. The van der Waals surface area contributed by atoms with Crippen molar-refractivity contribution in [1.82, 2.24) is 9.78 Å². The molecule has 0 amide bonds. The third-order valence-electron chi connectivity index (χ3n) is 3.32. The minimum atomic E-state index is -0.256. The van der Waals surface area contributed by atoms with E-state index in [9.17, 15) is 4.79 Å². The van der Waals surface area contributed by atoms with Crippen molar-refractivity contribution in [3.05, 3.63) is 21.6 Å². The number of anilines is 1. The summed E-state index contributed by atoms with van der Waals surface area (Å²) in [6.07, 6.45) is 11.6. The molecule has 0 aromatic carbocycles. The Hall–Kier alpha value is -1.47. The lowest BCUT2D eigenvalue weighted by Crippen LogP contribution is -2.26. The van der Waals surface area contributed by atoms with Crippen LogP contribution in [0.1, 0.15) is 25.7 Å². The second-order valence-electron chi connectivity index (χ2n) is 4.55. The van der Waals surface area contributed by atoms with Crippen molar-refractivity contribution in [3.8, 4) is 12.3 Å². The highest BCUT2D eigenvalue weighted by atomic mass is 35.5. The van der Waals surface area contributed by atoms with E-state index in [1.165, 1.54) is 30.1 Å². The summed E-state index contributed by atoms with van der Waals surface area (Å²) >= 11 is 5.97. The maximum Gasteiger partial charge on any atom is 0.292 e. The molecule has 1 heterocycles. The van der Waals surface area contributed by atoms with Gasteiger partial charge in [0.05, 0.1) is 11.2 Å². The summed E-state index contributed by atoms with van der Waals surface area (Å²) in [4.78, 5) is 12.0. The molecule has 1 aliphatic carbocycles. The van der Waals surface area contributed by atoms with E-state index in [0.29, 0.717) is 10.7 Å². The van der Waals surface area contributed by atoms with Gasteiger partial charge in [-0.1, -0.05) is 36.8 Å². The van der Waals surface area contributed by atoms with Gasteiger partial charge in [-0.15, -0.1) is 6.42 Å². The van der Waals surface area contributed by atoms with E-state index < -0.39 is 0 Å². The smallest absolute Gasteiger partial charge is 0.292 e. The molecule has 0 radical (unpaired) electrons. The number of halogens is 1. The van der Waals surface area contributed by atoms with Crippen LogP contribution < -0.4 is 10.9 Å². The van der Waals surface area contributed by atoms with Crippen LogP contribution in [0.25, 0.3) is 0 Å². The summed E-state index contributed by atoms with van der Waals surface area (Å²) in [7, 11) is 0. The number of rotatable bonds is 5. The fourth-order valence-electron chi connectivity index (χ4n) is 2.01. The molecule has 1 fully saturated rings. The number of hydrogen-bond acceptors (Lipinski definition) is 3. The molecule has 0 spiro atoms. The first-order valence-corrected chi connectivity index (χ1v) is 6.53. The highest BCUT2D eigenvalue weighted by molar-refractivity contribution is 6.32. The molecule has 4 nitrogen and oxygen atoms in total. The van der Waals surface area contributed by atoms with Gasteiger partial charge in [0.1, 0.15) is 12.2 Å². The maximum absolute atomic E-state index is 12.0. The molecule has 0 bridgehead atoms. The van der Waals surface area contributed by atoms with E-state index in [1.54, 1.807) is 0 Å². The van der Waals surface area contributed by atoms with E-state index in [4.69, 9.17) is 18.0 Å². The minimum absolute atomic E-state index is 0.160. The number of terminal acetylenes is 1. The van der Waals surface area contributed by atoms with E-state index >= 15 is 0 Å². The number of aromatic nitrogens is 2. The van der Waals surface area contributed by atoms with Crippen LogP contribution in [0.15, 0.2) is 11.0 Å². The van der Waals surface area contributed by atoms with Gasteiger partial charge < -0.3 is 5.32 Å². The van der Waals surface area contributed by atoms with E-state index in [0.717, 1.165) is 18.9 Å². The Kier molecular flexibility index (Phi) is 4.27. The molecule has 1 aliphatic rings. The Morgan fingerprint density at radius 1 is 1.61 bits per heavy atom. The predicted octanol–water partition coefficient (Wildman–Crippen LogP) is 2.13. The third kappa shape index (κ3) is 2.85. The van der Waals surface area contributed by atoms with Crippen LogP contribution in [0.5, 0.6) is 0 Å². The maximum atomic E-state index is 12.0. The average Bonchev–Trinajstić information content (AvgIpc) is 2.29. The number of nitrogens with zero attached hydrogens (tertiary/aromatic N) is 2. The molecule has 0 aliphatic heterocycles. The fraction of sp³-hybridized carbons (Fsp3) is 0.538. The summed E-state index contributed by atoms with van der Waals surface area (Å²) in [5, 5.41) is 7.34. The van der Waals surface area contributed by atoms with Crippen LogP contribution in [0.3, 0.4) is 0 Å². The predicted molar refractivity (Wildman–Crippen MR) is 72.8 cm³/mol. The summed E-state index contributed by atoms with van der Waals surface area (Å²) in [5.74, 6) is 3.19. The van der Waals surface area contributed by atoms with Crippen LogP contribution >= 0.6 is 11.6 Å². The second-order valence-corrected chi connectivity index (χ2v) is 4.95. The standard InChI is InChI=1S/C13H16ClN3O/c1-2-8-17-13(18)12(11(14)9-16-17)15-7-6-10-4-3-5-10/h1,9-10,15H,3-8H2. The molecule has 0 unspecified atom stereocenters. The van der Waals surface area contributed by atoms with Crippen molar-refractivity contribution in [2.45, 2.75) is 32.2 Å². The van der Waals surface area contributed by atoms with Crippen molar-refractivity contribution in [2.75, 3.05) is 11.9 Å². The highest BCUT2D eigenvalue weighted by Gasteiger charge is 2.17. The minimum Gasteiger partial charge on any atom is -0.379 e. The second kappa shape index (κ2) is 5.92. The van der Waals surface area contributed by atoms with Gasteiger partial charge in [0, 0.05) is 6.54 Å². The van der Waals surface area contributed by atoms with Crippen molar-refractivity contribution in [2.24, 2.45) is 5.92 Å². The molecule has 1 saturated carbocycles. The van der Waals surface area contributed by atoms with Gasteiger partial charge in [-0.3, -0.25) is 4.79 Å². The molecule has 96 valence electrons. The van der Waals surface area contributed by atoms with Crippen LogP contribution in [0.2, 0.25) is 5.02 Å². The third-order valence-corrected chi connectivity index (χ3v) is 3.60.